The van der Waals surface area contributed by atoms with E-state index in [4.69, 9.17) is 18.6 Å². The largest absolute Gasteiger partial charge is 0.508 e. The molecule has 4 N–H and O–H groups in total. The number of aromatic hydroxyl groups is 3. The number of fused-ring (bicyclic) bond motifs is 4. The van der Waals surface area contributed by atoms with Crippen LogP contribution in [-0.2, 0) is 0 Å². The van der Waals surface area contributed by atoms with Crippen molar-refractivity contribution in [3.8, 4) is 34.5 Å². The molecule has 0 unspecified atom stereocenters. The minimum Gasteiger partial charge on any atom is -0.508 e. The lowest BCUT2D eigenvalue weighted by Gasteiger charge is -2.33. The predicted molar refractivity (Wildman–Crippen MR) is 113 cm³/mol. The molecule has 4 aromatic rings. The van der Waals surface area contributed by atoms with Crippen LogP contribution in [-0.4, -0.2) is 40.2 Å². The van der Waals surface area contributed by atoms with Crippen LogP contribution in [0.2, 0.25) is 0 Å². The Hall–Kier alpha value is -4.11. The zero-order chi connectivity index (χ0) is 22.6. The number of methoxy groups -OCH3 is 1. The lowest BCUT2D eigenvalue weighted by molar-refractivity contribution is -0.0117. The molecule has 1 aromatic heterocycles. The topological polar surface area (TPSA) is 139 Å². The Labute approximate surface area is 180 Å². The highest BCUT2D eigenvalue weighted by Crippen LogP contribution is 2.45. The average Bonchev–Trinajstić information content (AvgIpc) is 2.78. The van der Waals surface area contributed by atoms with E-state index in [0.29, 0.717) is 5.56 Å². The normalized spacial score (nSPS) is 17.6. The second kappa shape index (κ2) is 7.24. The molecule has 0 fully saturated rings. The van der Waals surface area contributed by atoms with Gasteiger partial charge in [0.15, 0.2) is 35.0 Å². The van der Waals surface area contributed by atoms with Gasteiger partial charge in [0, 0.05) is 17.7 Å². The van der Waals surface area contributed by atoms with Crippen LogP contribution in [0.25, 0.3) is 21.9 Å². The fraction of sp³-hybridized carbons (Fsp3) is 0.174. The minimum atomic E-state index is -0.860. The van der Waals surface area contributed by atoms with Crippen molar-refractivity contribution in [1.29, 1.82) is 0 Å². The minimum absolute atomic E-state index is 0.0251. The molecule has 9 nitrogen and oxygen atoms in total. The summed E-state index contributed by atoms with van der Waals surface area (Å²) in [5.74, 6) is -0.0880. The molecule has 0 spiro atoms. The van der Waals surface area contributed by atoms with Crippen LogP contribution >= 0.6 is 0 Å². The first-order valence-electron chi connectivity index (χ1n) is 9.68. The van der Waals surface area contributed by atoms with E-state index in [-0.39, 0.29) is 50.7 Å². The Bertz CT molecular complexity index is 1420. The maximum absolute atomic E-state index is 13.0. The van der Waals surface area contributed by atoms with Gasteiger partial charge in [0.25, 0.3) is 0 Å². The summed E-state index contributed by atoms with van der Waals surface area (Å²) in [4.78, 5) is 13.0. The molecule has 2 atom stereocenters. The molecule has 32 heavy (non-hydrogen) atoms. The molecule has 9 heteroatoms. The number of hydrogen-bond donors (Lipinski definition) is 4. The number of phenolic OH excluding ortho intramolecular Hbond substituents is 3. The standard InChI is InChI=1S/C23H18O9/c1-29-16-6-10(2-4-13(16)26)21-18(9-24)32-23-15(30-21)5-3-12-20(28)19-14(27)7-11(25)8-17(19)31-22(12)23/h2-8,18,21,24-27H,9H2,1H3/t18-,21-/m0/s1. The quantitative estimate of drug-likeness (QED) is 0.356. The molecule has 0 saturated heterocycles. The Morgan fingerprint density at radius 2 is 1.81 bits per heavy atom. The summed E-state index contributed by atoms with van der Waals surface area (Å²) in [6, 6.07) is 9.96. The van der Waals surface area contributed by atoms with Crippen molar-refractivity contribution in [2.75, 3.05) is 13.7 Å². The van der Waals surface area contributed by atoms with Gasteiger partial charge in [0.1, 0.15) is 22.5 Å². The highest BCUT2D eigenvalue weighted by molar-refractivity contribution is 5.96. The van der Waals surface area contributed by atoms with E-state index >= 15 is 0 Å². The Morgan fingerprint density at radius 1 is 1.00 bits per heavy atom. The van der Waals surface area contributed by atoms with Gasteiger partial charge in [-0.15, -0.1) is 0 Å². The third-order valence-electron chi connectivity index (χ3n) is 5.40. The van der Waals surface area contributed by atoms with Crippen molar-refractivity contribution in [3.63, 3.8) is 0 Å². The number of rotatable bonds is 3. The molecule has 0 amide bonds. The lowest BCUT2D eigenvalue weighted by atomic mass is 10.0. The van der Waals surface area contributed by atoms with Crippen molar-refractivity contribution in [3.05, 3.63) is 58.3 Å². The maximum atomic E-state index is 13.0. The van der Waals surface area contributed by atoms with E-state index in [1.807, 2.05) is 0 Å². The molecule has 1 aliphatic heterocycles. The Kier molecular flexibility index (Phi) is 4.49. The van der Waals surface area contributed by atoms with Crippen LogP contribution in [0.4, 0.5) is 0 Å². The Morgan fingerprint density at radius 3 is 2.56 bits per heavy atom. The summed E-state index contributed by atoms with van der Waals surface area (Å²) in [6.45, 7) is -0.414. The zero-order valence-electron chi connectivity index (χ0n) is 16.7. The van der Waals surface area contributed by atoms with E-state index < -0.39 is 30.0 Å². The van der Waals surface area contributed by atoms with E-state index in [0.717, 1.165) is 6.07 Å². The summed E-state index contributed by atoms with van der Waals surface area (Å²) in [7, 11) is 1.42. The second-order valence-corrected chi connectivity index (χ2v) is 7.35. The molecule has 0 aliphatic carbocycles. The molecule has 1 aliphatic rings. The molecular weight excluding hydrogens is 420 g/mol. The van der Waals surface area contributed by atoms with Crippen molar-refractivity contribution in [1.82, 2.24) is 0 Å². The number of ether oxygens (including phenoxy) is 3. The van der Waals surface area contributed by atoms with Gasteiger partial charge in [0.05, 0.1) is 19.1 Å². The van der Waals surface area contributed by atoms with Crippen LogP contribution in [0, 0.1) is 0 Å². The molecule has 164 valence electrons. The molecule has 2 heterocycles. The highest BCUT2D eigenvalue weighted by atomic mass is 16.6. The average molecular weight is 438 g/mol. The van der Waals surface area contributed by atoms with Crippen LogP contribution in [0.1, 0.15) is 11.7 Å². The molecule has 0 bridgehead atoms. The van der Waals surface area contributed by atoms with Gasteiger partial charge in [-0.2, -0.15) is 0 Å². The SMILES string of the molecule is COc1cc([C@@H]2Oc3ccc4c(=O)c5c(O)cc(O)cc5oc4c3O[C@H]2CO)ccc1O. The van der Waals surface area contributed by atoms with Gasteiger partial charge in [-0.25, -0.2) is 0 Å². The highest BCUT2D eigenvalue weighted by Gasteiger charge is 2.35. The zero-order valence-corrected chi connectivity index (χ0v) is 16.7. The van der Waals surface area contributed by atoms with Crippen molar-refractivity contribution < 1.29 is 39.1 Å². The first-order valence-corrected chi connectivity index (χ1v) is 9.68. The molecular formula is C23H18O9. The first-order chi connectivity index (χ1) is 15.4. The molecule has 5 rings (SSSR count). The molecule has 3 aromatic carbocycles. The fourth-order valence-electron chi connectivity index (χ4n) is 3.88. The third kappa shape index (κ3) is 2.94. The fourth-order valence-corrected chi connectivity index (χ4v) is 3.88. The van der Waals surface area contributed by atoms with Crippen molar-refractivity contribution >= 4 is 21.9 Å². The van der Waals surface area contributed by atoms with Crippen LogP contribution in [0.15, 0.2) is 51.7 Å². The number of aliphatic hydroxyl groups is 1. The van der Waals surface area contributed by atoms with Crippen molar-refractivity contribution in [2.45, 2.75) is 12.2 Å². The van der Waals surface area contributed by atoms with Crippen LogP contribution in [0.3, 0.4) is 0 Å². The summed E-state index contributed by atoms with van der Waals surface area (Å²) >= 11 is 0. The lowest BCUT2D eigenvalue weighted by Crippen LogP contribution is -2.36. The number of benzene rings is 3. The van der Waals surface area contributed by atoms with E-state index in [1.54, 1.807) is 12.1 Å². The Balaban J connectivity index is 1.68. The molecule has 0 radical (unpaired) electrons. The summed E-state index contributed by atoms with van der Waals surface area (Å²) in [5, 5.41) is 39.8. The predicted octanol–water partition coefficient (Wildman–Crippen LogP) is 2.95. The summed E-state index contributed by atoms with van der Waals surface area (Å²) in [6.07, 6.45) is -1.60. The molecule has 0 saturated carbocycles. The van der Waals surface area contributed by atoms with E-state index in [9.17, 15) is 25.2 Å². The maximum Gasteiger partial charge on any atom is 0.205 e. The van der Waals surface area contributed by atoms with Gasteiger partial charge < -0.3 is 39.1 Å². The van der Waals surface area contributed by atoms with Crippen molar-refractivity contribution in [2.24, 2.45) is 0 Å². The van der Waals surface area contributed by atoms with Gasteiger partial charge in [-0.1, -0.05) is 6.07 Å². The number of hydrogen-bond acceptors (Lipinski definition) is 9. The monoisotopic (exact) mass is 438 g/mol. The second-order valence-electron chi connectivity index (χ2n) is 7.35. The number of aliphatic hydroxyl groups excluding tert-OH is 1. The van der Waals surface area contributed by atoms with Crippen LogP contribution in [0.5, 0.6) is 34.5 Å². The summed E-state index contributed by atoms with van der Waals surface area (Å²) in [5.41, 5.74) is 0.128. The third-order valence-corrected chi connectivity index (χ3v) is 5.40. The van der Waals surface area contributed by atoms with Gasteiger partial charge in [0.2, 0.25) is 11.2 Å². The smallest absolute Gasteiger partial charge is 0.205 e. The first kappa shape index (κ1) is 19.8. The van der Waals surface area contributed by atoms with Gasteiger partial charge in [-0.3, -0.25) is 4.79 Å². The van der Waals surface area contributed by atoms with E-state index in [1.165, 1.54) is 31.4 Å². The number of phenols is 3. The van der Waals surface area contributed by atoms with Gasteiger partial charge >= 0.3 is 0 Å². The summed E-state index contributed by atoms with van der Waals surface area (Å²) < 4.78 is 23.0. The van der Waals surface area contributed by atoms with Gasteiger partial charge in [-0.05, 0) is 24.3 Å². The van der Waals surface area contributed by atoms with E-state index in [2.05, 4.69) is 0 Å². The van der Waals surface area contributed by atoms with Crippen LogP contribution < -0.4 is 19.6 Å².